The summed E-state index contributed by atoms with van der Waals surface area (Å²) < 4.78 is 7.88. The van der Waals surface area contributed by atoms with Gasteiger partial charge in [0.05, 0.1) is 0 Å². The number of anilines is 1. The SMILES string of the molecule is Cl.Cn1ccnc1N1CCN(C(=O)c2ccc(Br)o2)CC1. The van der Waals surface area contributed by atoms with Gasteiger partial charge in [0, 0.05) is 45.6 Å². The number of hydrogen-bond acceptors (Lipinski definition) is 4. The standard InChI is InChI=1S/C13H15BrN4O2.ClH/c1-16-5-4-15-13(16)18-8-6-17(7-9-18)12(19)10-2-3-11(14)20-10;/h2-5H,6-9H2,1H3;1H. The lowest BCUT2D eigenvalue weighted by atomic mass is 10.3. The highest BCUT2D eigenvalue weighted by Crippen LogP contribution is 2.18. The molecule has 0 bridgehead atoms. The molecule has 2 aromatic heterocycles. The summed E-state index contributed by atoms with van der Waals surface area (Å²) in [5.74, 6) is 1.26. The van der Waals surface area contributed by atoms with E-state index in [1.54, 1.807) is 18.3 Å². The highest BCUT2D eigenvalue weighted by Gasteiger charge is 2.25. The summed E-state index contributed by atoms with van der Waals surface area (Å²) in [6.45, 7) is 2.89. The average Bonchev–Trinajstić information content (AvgIpc) is 3.07. The molecular weight excluding hydrogens is 360 g/mol. The second-order valence-corrected chi connectivity index (χ2v) is 5.50. The Balaban J connectivity index is 0.00000161. The van der Waals surface area contributed by atoms with Crippen LogP contribution in [0.2, 0.25) is 0 Å². The summed E-state index contributed by atoms with van der Waals surface area (Å²) in [7, 11) is 1.97. The number of carbonyl (C=O) groups excluding carboxylic acids is 1. The molecule has 114 valence electrons. The number of imidazole rings is 1. The van der Waals surface area contributed by atoms with E-state index in [1.165, 1.54) is 0 Å². The lowest BCUT2D eigenvalue weighted by Crippen LogP contribution is -2.49. The maximum Gasteiger partial charge on any atom is 0.289 e. The van der Waals surface area contributed by atoms with Crippen molar-refractivity contribution >= 4 is 40.2 Å². The molecule has 8 heteroatoms. The zero-order valence-corrected chi connectivity index (χ0v) is 13.9. The van der Waals surface area contributed by atoms with Crippen LogP contribution in [-0.4, -0.2) is 46.5 Å². The van der Waals surface area contributed by atoms with Crippen molar-refractivity contribution in [2.45, 2.75) is 0 Å². The van der Waals surface area contributed by atoms with E-state index in [4.69, 9.17) is 4.42 Å². The lowest BCUT2D eigenvalue weighted by Gasteiger charge is -2.34. The van der Waals surface area contributed by atoms with E-state index in [1.807, 2.05) is 22.7 Å². The number of halogens is 2. The van der Waals surface area contributed by atoms with Crippen LogP contribution in [0.3, 0.4) is 0 Å². The monoisotopic (exact) mass is 374 g/mol. The Bertz CT molecular complexity index is 619. The van der Waals surface area contributed by atoms with Gasteiger partial charge in [0.25, 0.3) is 5.91 Å². The van der Waals surface area contributed by atoms with E-state index < -0.39 is 0 Å². The van der Waals surface area contributed by atoms with Crippen molar-refractivity contribution in [3.05, 3.63) is 35.0 Å². The third kappa shape index (κ3) is 3.24. The van der Waals surface area contributed by atoms with Crippen LogP contribution in [0.25, 0.3) is 0 Å². The van der Waals surface area contributed by atoms with E-state index in [2.05, 4.69) is 25.8 Å². The highest BCUT2D eigenvalue weighted by molar-refractivity contribution is 9.10. The Morgan fingerprint density at radius 2 is 2.00 bits per heavy atom. The molecule has 1 amide bonds. The molecule has 21 heavy (non-hydrogen) atoms. The van der Waals surface area contributed by atoms with Crippen LogP contribution in [0.4, 0.5) is 5.95 Å². The lowest BCUT2D eigenvalue weighted by molar-refractivity contribution is 0.0712. The fourth-order valence-corrected chi connectivity index (χ4v) is 2.66. The van der Waals surface area contributed by atoms with Crippen molar-refractivity contribution in [3.63, 3.8) is 0 Å². The van der Waals surface area contributed by atoms with Gasteiger partial charge in [-0.25, -0.2) is 4.98 Å². The molecular formula is C13H16BrClN4O2. The molecule has 0 saturated carbocycles. The summed E-state index contributed by atoms with van der Waals surface area (Å²) in [5, 5.41) is 0. The summed E-state index contributed by atoms with van der Waals surface area (Å²) in [6, 6.07) is 3.43. The zero-order chi connectivity index (χ0) is 14.1. The third-order valence-electron chi connectivity index (χ3n) is 3.43. The van der Waals surface area contributed by atoms with Crippen molar-refractivity contribution in [1.29, 1.82) is 0 Å². The van der Waals surface area contributed by atoms with E-state index in [9.17, 15) is 4.79 Å². The van der Waals surface area contributed by atoms with Crippen LogP contribution in [-0.2, 0) is 7.05 Å². The molecule has 3 heterocycles. The normalized spacial score (nSPS) is 15.0. The molecule has 6 nitrogen and oxygen atoms in total. The van der Waals surface area contributed by atoms with E-state index >= 15 is 0 Å². The van der Waals surface area contributed by atoms with Crippen molar-refractivity contribution in [2.24, 2.45) is 7.05 Å². The number of piperazine rings is 1. The topological polar surface area (TPSA) is 54.5 Å². The highest BCUT2D eigenvalue weighted by atomic mass is 79.9. The fraction of sp³-hybridized carbons (Fsp3) is 0.385. The molecule has 1 aliphatic heterocycles. The molecule has 0 radical (unpaired) electrons. The van der Waals surface area contributed by atoms with Crippen LogP contribution in [0, 0.1) is 0 Å². The Morgan fingerprint density at radius 1 is 1.29 bits per heavy atom. The third-order valence-corrected chi connectivity index (χ3v) is 3.86. The van der Waals surface area contributed by atoms with E-state index in [0.29, 0.717) is 23.5 Å². The van der Waals surface area contributed by atoms with Crippen molar-refractivity contribution in [1.82, 2.24) is 14.5 Å². The molecule has 2 aromatic rings. The predicted octanol–water partition coefficient (Wildman–Crippen LogP) is 2.16. The Hall–Kier alpha value is -1.47. The molecule has 1 fully saturated rings. The fourth-order valence-electron chi connectivity index (χ4n) is 2.36. The minimum atomic E-state index is -0.0600. The van der Waals surface area contributed by atoms with Gasteiger partial charge in [-0.15, -0.1) is 12.4 Å². The maximum absolute atomic E-state index is 12.2. The van der Waals surface area contributed by atoms with Gasteiger partial charge in [-0.2, -0.15) is 0 Å². The van der Waals surface area contributed by atoms with Crippen LogP contribution < -0.4 is 4.90 Å². The smallest absolute Gasteiger partial charge is 0.289 e. The molecule has 1 saturated heterocycles. The molecule has 3 rings (SSSR count). The minimum absolute atomic E-state index is 0. The Labute approximate surface area is 137 Å². The second-order valence-electron chi connectivity index (χ2n) is 4.72. The number of nitrogens with zero attached hydrogens (tertiary/aromatic N) is 4. The summed E-state index contributed by atoms with van der Waals surface area (Å²) in [6.07, 6.45) is 3.71. The number of carbonyl (C=O) groups is 1. The first-order chi connectivity index (χ1) is 9.65. The second kappa shape index (κ2) is 6.53. The van der Waals surface area contributed by atoms with Gasteiger partial charge in [-0.05, 0) is 28.1 Å². The molecule has 1 aliphatic rings. The van der Waals surface area contributed by atoms with Gasteiger partial charge in [0.2, 0.25) is 5.95 Å². The summed E-state index contributed by atoms with van der Waals surface area (Å²) in [5.41, 5.74) is 0. The molecule has 0 unspecified atom stereocenters. The van der Waals surface area contributed by atoms with Crippen LogP contribution in [0.5, 0.6) is 0 Å². The van der Waals surface area contributed by atoms with E-state index in [-0.39, 0.29) is 18.3 Å². The van der Waals surface area contributed by atoms with Gasteiger partial charge in [0.15, 0.2) is 10.4 Å². The number of amides is 1. The van der Waals surface area contributed by atoms with Gasteiger partial charge in [0.1, 0.15) is 0 Å². The van der Waals surface area contributed by atoms with Crippen LogP contribution in [0.1, 0.15) is 10.6 Å². The van der Waals surface area contributed by atoms with Gasteiger partial charge >= 0.3 is 0 Å². The van der Waals surface area contributed by atoms with Crippen molar-refractivity contribution < 1.29 is 9.21 Å². The first-order valence-electron chi connectivity index (χ1n) is 6.42. The number of aromatic nitrogens is 2. The molecule has 0 aromatic carbocycles. The van der Waals surface area contributed by atoms with Crippen molar-refractivity contribution in [3.8, 4) is 0 Å². The van der Waals surface area contributed by atoms with E-state index in [0.717, 1.165) is 19.0 Å². The summed E-state index contributed by atoms with van der Waals surface area (Å²) >= 11 is 3.21. The molecule has 0 atom stereocenters. The Morgan fingerprint density at radius 3 is 2.52 bits per heavy atom. The largest absolute Gasteiger partial charge is 0.444 e. The zero-order valence-electron chi connectivity index (χ0n) is 11.5. The average molecular weight is 376 g/mol. The quantitative estimate of drug-likeness (QED) is 0.807. The van der Waals surface area contributed by atoms with Gasteiger partial charge < -0.3 is 18.8 Å². The predicted molar refractivity (Wildman–Crippen MR) is 85.0 cm³/mol. The van der Waals surface area contributed by atoms with Crippen molar-refractivity contribution in [2.75, 3.05) is 31.1 Å². The number of furan rings is 1. The first kappa shape index (κ1) is 15.9. The molecule has 0 spiro atoms. The summed E-state index contributed by atoms with van der Waals surface area (Å²) in [4.78, 5) is 20.6. The minimum Gasteiger partial charge on any atom is -0.444 e. The van der Waals surface area contributed by atoms with Gasteiger partial charge in [-0.3, -0.25) is 4.79 Å². The molecule has 0 N–H and O–H groups in total. The molecule has 0 aliphatic carbocycles. The van der Waals surface area contributed by atoms with Gasteiger partial charge in [-0.1, -0.05) is 0 Å². The first-order valence-corrected chi connectivity index (χ1v) is 7.21. The maximum atomic E-state index is 12.2. The number of rotatable bonds is 2. The Kier molecular flexibility index (Phi) is 4.95. The van der Waals surface area contributed by atoms with Crippen LogP contribution in [0.15, 0.2) is 33.6 Å². The number of aryl methyl sites for hydroxylation is 1. The van der Waals surface area contributed by atoms with Crippen LogP contribution >= 0.6 is 28.3 Å². The number of hydrogen-bond donors (Lipinski definition) is 0.